The average Bonchev–Trinajstić information content (AvgIpc) is 2.87. The fourth-order valence-electron chi connectivity index (χ4n) is 2.69. The highest BCUT2D eigenvalue weighted by Gasteiger charge is 2.19. The number of aromatic hydroxyl groups is 1. The zero-order valence-corrected chi connectivity index (χ0v) is 14.3. The maximum absolute atomic E-state index is 12.9. The first-order chi connectivity index (χ1) is 11.5. The summed E-state index contributed by atoms with van der Waals surface area (Å²) in [6, 6.07) is 8.38. The third kappa shape index (κ3) is 3.08. The molecule has 124 valence electrons. The molecule has 0 atom stereocenters. The Hall–Kier alpha value is -2.53. The minimum Gasteiger partial charge on any atom is -0.508 e. The first-order valence-corrected chi connectivity index (χ1v) is 8.15. The van der Waals surface area contributed by atoms with Crippen LogP contribution in [0.1, 0.15) is 35.1 Å². The highest BCUT2D eigenvalue weighted by Crippen LogP contribution is 2.23. The summed E-state index contributed by atoms with van der Waals surface area (Å²) in [5, 5.41) is 12.9. The van der Waals surface area contributed by atoms with Crippen LogP contribution in [0.4, 0.5) is 5.69 Å². The number of hydrogen-bond acceptors (Lipinski definition) is 3. The lowest BCUT2D eigenvalue weighted by Crippen LogP contribution is -2.17. The van der Waals surface area contributed by atoms with Gasteiger partial charge in [0.15, 0.2) is 0 Å². The monoisotopic (exact) mass is 343 g/mol. The van der Waals surface area contributed by atoms with E-state index in [2.05, 4.69) is 10.3 Å². The van der Waals surface area contributed by atoms with Gasteiger partial charge in [0.2, 0.25) is 0 Å². The Labute approximate surface area is 144 Å². The Balaban J connectivity index is 2.04. The van der Waals surface area contributed by atoms with E-state index in [-0.39, 0.29) is 11.7 Å². The SMILES string of the molecule is CCCc1nc2ccc(Cl)cn2c1C(=O)Nc1ccc(O)cc1C. The van der Waals surface area contributed by atoms with Gasteiger partial charge in [0, 0.05) is 11.9 Å². The minimum atomic E-state index is -0.248. The molecular weight excluding hydrogens is 326 g/mol. The first kappa shape index (κ1) is 16.3. The van der Waals surface area contributed by atoms with Crippen molar-refractivity contribution in [3.05, 3.63) is 58.5 Å². The molecule has 24 heavy (non-hydrogen) atoms. The number of nitrogens with zero attached hydrogens (tertiary/aromatic N) is 2. The van der Waals surface area contributed by atoms with Crippen LogP contribution >= 0.6 is 11.6 Å². The van der Waals surface area contributed by atoms with Crippen molar-refractivity contribution in [2.75, 3.05) is 5.32 Å². The van der Waals surface area contributed by atoms with Crippen molar-refractivity contribution in [1.82, 2.24) is 9.38 Å². The number of phenolic OH excluding ortho intramolecular Hbond substituents is 1. The second-order valence-electron chi connectivity index (χ2n) is 5.69. The summed E-state index contributed by atoms with van der Waals surface area (Å²) in [6.07, 6.45) is 3.29. The largest absolute Gasteiger partial charge is 0.508 e. The van der Waals surface area contributed by atoms with Crippen molar-refractivity contribution in [3.8, 4) is 5.75 Å². The molecule has 3 aromatic rings. The minimum absolute atomic E-state index is 0.166. The lowest BCUT2D eigenvalue weighted by atomic mass is 10.1. The van der Waals surface area contributed by atoms with Crippen molar-refractivity contribution in [2.24, 2.45) is 0 Å². The summed E-state index contributed by atoms with van der Waals surface area (Å²) in [5.74, 6) is -0.0826. The summed E-state index contributed by atoms with van der Waals surface area (Å²) >= 11 is 6.08. The third-order valence-electron chi connectivity index (χ3n) is 3.81. The van der Waals surface area contributed by atoms with Gasteiger partial charge in [0.1, 0.15) is 17.1 Å². The molecule has 3 rings (SSSR count). The highest BCUT2D eigenvalue weighted by molar-refractivity contribution is 6.30. The van der Waals surface area contributed by atoms with E-state index in [4.69, 9.17) is 11.6 Å². The second kappa shape index (κ2) is 6.53. The molecule has 2 heterocycles. The summed E-state index contributed by atoms with van der Waals surface area (Å²) < 4.78 is 1.72. The predicted octanol–water partition coefficient (Wildman–Crippen LogP) is 4.21. The summed E-state index contributed by atoms with van der Waals surface area (Å²) in [6.45, 7) is 3.87. The molecule has 2 aromatic heterocycles. The van der Waals surface area contributed by atoms with E-state index >= 15 is 0 Å². The van der Waals surface area contributed by atoms with Crippen LogP contribution in [0.5, 0.6) is 5.75 Å². The number of halogens is 1. The van der Waals surface area contributed by atoms with Gasteiger partial charge < -0.3 is 10.4 Å². The topological polar surface area (TPSA) is 66.6 Å². The number of carbonyl (C=O) groups is 1. The molecule has 0 aliphatic heterocycles. The lowest BCUT2D eigenvalue weighted by molar-refractivity contribution is 0.102. The number of amides is 1. The molecule has 0 radical (unpaired) electrons. The third-order valence-corrected chi connectivity index (χ3v) is 4.04. The molecule has 0 bridgehead atoms. The molecule has 1 amide bonds. The molecular formula is C18H18ClN3O2. The Morgan fingerprint density at radius 1 is 1.33 bits per heavy atom. The predicted molar refractivity (Wildman–Crippen MR) is 95.0 cm³/mol. The fourth-order valence-corrected chi connectivity index (χ4v) is 2.85. The summed E-state index contributed by atoms with van der Waals surface area (Å²) in [7, 11) is 0. The van der Waals surface area contributed by atoms with E-state index in [1.54, 1.807) is 40.9 Å². The molecule has 0 aliphatic rings. The van der Waals surface area contributed by atoms with E-state index in [0.717, 1.165) is 17.7 Å². The van der Waals surface area contributed by atoms with Crippen molar-refractivity contribution in [2.45, 2.75) is 26.7 Å². The molecule has 0 unspecified atom stereocenters. The maximum atomic E-state index is 12.9. The normalized spacial score (nSPS) is 11.0. The zero-order valence-electron chi connectivity index (χ0n) is 13.5. The number of imidazole rings is 1. The van der Waals surface area contributed by atoms with Crippen LogP contribution in [0.25, 0.3) is 5.65 Å². The number of anilines is 1. The molecule has 2 N–H and O–H groups in total. The van der Waals surface area contributed by atoms with Crippen LogP contribution < -0.4 is 5.32 Å². The number of rotatable bonds is 4. The van der Waals surface area contributed by atoms with E-state index in [0.29, 0.717) is 28.5 Å². The van der Waals surface area contributed by atoms with Gasteiger partial charge in [-0.1, -0.05) is 24.9 Å². The molecule has 0 saturated carbocycles. The molecule has 6 heteroatoms. The number of aryl methyl sites for hydroxylation is 2. The second-order valence-corrected chi connectivity index (χ2v) is 6.12. The fraction of sp³-hybridized carbons (Fsp3) is 0.222. The van der Waals surface area contributed by atoms with Crippen LogP contribution in [-0.4, -0.2) is 20.4 Å². The Morgan fingerprint density at radius 2 is 2.12 bits per heavy atom. The smallest absolute Gasteiger partial charge is 0.274 e. The Morgan fingerprint density at radius 3 is 2.83 bits per heavy atom. The van der Waals surface area contributed by atoms with Crippen molar-refractivity contribution >= 4 is 28.8 Å². The summed E-state index contributed by atoms with van der Waals surface area (Å²) in [5.41, 5.74) is 3.36. The molecule has 0 saturated heterocycles. The number of phenols is 1. The maximum Gasteiger partial charge on any atom is 0.274 e. The standard InChI is InChI=1S/C18H18ClN3O2/c1-3-4-15-17(22-10-12(19)5-8-16(22)20-15)18(24)21-14-7-6-13(23)9-11(14)2/h5-10,23H,3-4H2,1-2H3,(H,21,24). The number of benzene rings is 1. The van der Waals surface area contributed by atoms with Gasteiger partial charge >= 0.3 is 0 Å². The quantitative estimate of drug-likeness (QED) is 0.697. The van der Waals surface area contributed by atoms with Crippen molar-refractivity contribution in [3.63, 3.8) is 0 Å². The van der Waals surface area contributed by atoms with Crippen molar-refractivity contribution < 1.29 is 9.90 Å². The van der Waals surface area contributed by atoms with Gasteiger partial charge in [-0.3, -0.25) is 9.20 Å². The van der Waals surface area contributed by atoms with E-state index in [9.17, 15) is 9.90 Å². The molecule has 0 aliphatic carbocycles. The van der Waals surface area contributed by atoms with Crippen LogP contribution in [0.15, 0.2) is 36.5 Å². The van der Waals surface area contributed by atoms with Gasteiger partial charge in [-0.15, -0.1) is 0 Å². The van der Waals surface area contributed by atoms with E-state index in [1.165, 1.54) is 0 Å². The number of nitrogens with one attached hydrogen (secondary N) is 1. The van der Waals surface area contributed by atoms with E-state index in [1.807, 2.05) is 13.8 Å². The summed E-state index contributed by atoms with van der Waals surface area (Å²) in [4.78, 5) is 17.4. The van der Waals surface area contributed by atoms with Crippen molar-refractivity contribution in [1.29, 1.82) is 0 Å². The zero-order chi connectivity index (χ0) is 17.3. The van der Waals surface area contributed by atoms with Gasteiger partial charge in [-0.05, 0) is 49.2 Å². The van der Waals surface area contributed by atoms with Crippen LogP contribution in [0.2, 0.25) is 5.02 Å². The molecule has 0 spiro atoms. The Bertz CT molecular complexity index is 918. The Kier molecular flexibility index (Phi) is 4.44. The number of aromatic nitrogens is 2. The molecule has 0 fully saturated rings. The van der Waals surface area contributed by atoms with Gasteiger partial charge in [0.05, 0.1) is 10.7 Å². The van der Waals surface area contributed by atoms with Crippen LogP contribution in [0.3, 0.4) is 0 Å². The number of hydrogen-bond donors (Lipinski definition) is 2. The van der Waals surface area contributed by atoms with Crippen LogP contribution in [-0.2, 0) is 6.42 Å². The van der Waals surface area contributed by atoms with Crippen LogP contribution in [0, 0.1) is 6.92 Å². The van der Waals surface area contributed by atoms with E-state index < -0.39 is 0 Å². The lowest BCUT2D eigenvalue weighted by Gasteiger charge is -2.10. The number of carbonyl (C=O) groups excluding carboxylic acids is 1. The molecule has 5 nitrogen and oxygen atoms in total. The van der Waals surface area contributed by atoms with Gasteiger partial charge in [-0.2, -0.15) is 0 Å². The average molecular weight is 344 g/mol. The first-order valence-electron chi connectivity index (χ1n) is 7.77. The molecule has 1 aromatic carbocycles. The number of fused-ring (bicyclic) bond motifs is 1. The van der Waals surface area contributed by atoms with Gasteiger partial charge in [0.25, 0.3) is 5.91 Å². The van der Waals surface area contributed by atoms with Gasteiger partial charge in [-0.25, -0.2) is 4.98 Å². The highest BCUT2D eigenvalue weighted by atomic mass is 35.5. The number of pyridine rings is 1.